The van der Waals surface area contributed by atoms with Gasteiger partial charge in [-0.15, -0.1) is 13.2 Å². The van der Waals surface area contributed by atoms with E-state index in [1.807, 2.05) is 31.2 Å². The van der Waals surface area contributed by atoms with Crippen LogP contribution in [0.15, 0.2) is 48.5 Å². The second kappa shape index (κ2) is 9.12. The first kappa shape index (κ1) is 19.6. The van der Waals surface area contributed by atoms with Crippen molar-refractivity contribution in [3.05, 3.63) is 59.7 Å². The van der Waals surface area contributed by atoms with E-state index in [1.54, 1.807) is 0 Å². The quantitative estimate of drug-likeness (QED) is 0.705. The lowest BCUT2D eigenvalue weighted by molar-refractivity contribution is -0.274. The highest BCUT2D eigenvalue weighted by Crippen LogP contribution is 2.22. The Bertz CT molecular complexity index is 697. The molecule has 1 N–H and O–H groups in total. The van der Waals surface area contributed by atoms with Crippen LogP contribution in [0.1, 0.15) is 24.0 Å². The summed E-state index contributed by atoms with van der Waals surface area (Å²) in [4.78, 5) is 11.8. The molecule has 140 valence electrons. The highest BCUT2D eigenvalue weighted by molar-refractivity contribution is 5.75. The van der Waals surface area contributed by atoms with Gasteiger partial charge >= 0.3 is 6.36 Å². The molecule has 0 bridgehead atoms. The van der Waals surface area contributed by atoms with E-state index in [9.17, 15) is 18.0 Å². The third kappa shape index (κ3) is 7.46. The molecule has 0 aromatic heterocycles. The number of alkyl halides is 3. The van der Waals surface area contributed by atoms with Crippen LogP contribution < -0.4 is 14.8 Å². The Morgan fingerprint density at radius 1 is 1.00 bits per heavy atom. The number of rotatable bonds is 8. The van der Waals surface area contributed by atoms with Crippen molar-refractivity contribution in [1.82, 2.24) is 5.32 Å². The molecule has 7 heteroatoms. The van der Waals surface area contributed by atoms with Crippen molar-refractivity contribution in [2.24, 2.45) is 0 Å². The predicted molar refractivity (Wildman–Crippen MR) is 90.9 cm³/mol. The van der Waals surface area contributed by atoms with Gasteiger partial charge in [-0.05, 0) is 43.2 Å². The molecule has 0 radical (unpaired) electrons. The summed E-state index contributed by atoms with van der Waals surface area (Å²) >= 11 is 0. The Balaban J connectivity index is 1.64. The summed E-state index contributed by atoms with van der Waals surface area (Å²) < 4.78 is 45.6. The summed E-state index contributed by atoms with van der Waals surface area (Å²) in [6.45, 7) is 2.66. The zero-order valence-electron chi connectivity index (χ0n) is 14.3. The number of halogens is 3. The average molecular weight is 367 g/mol. The number of amides is 1. The minimum atomic E-state index is -4.71. The average Bonchev–Trinajstić information content (AvgIpc) is 2.58. The minimum Gasteiger partial charge on any atom is -0.494 e. The van der Waals surface area contributed by atoms with Gasteiger partial charge in [-0.3, -0.25) is 4.79 Å². The molecular formula is C19H20F3NO3. The fourth-order valence-corrected chi connectivity index (χ4v) is 2.16. The van der Waals surface area contributed by atoms with E-state index in [0.29, 0.717) is 25.0 Å². The number of benzene rings is 2. The Kier molecular flexibility index (Phi) is 6.89. The molecule has 0 saturated heterocycles. The van der Waals surface area contributed by atoms with E-state index in [2.05, 4.69) is 10.1 Å². The van der Waals surface area contributed by atoms with Crippen LogP contribution in [0.5, 0.6) is 11.5 Å². The van der Waals surface area contributed by atoms with Crippen molar-refractivity contribution < 1.29 is 27.4 Å². The highest BCUT2D eigenvalue weighted by Gasteiger charge is 2.30. The maximum absolute atomic E-state index is 12.1. The van der Waals surface area contributed by atoms with Crippen molar-refractivity contribution in [3.8, 4) is 11.5 Å². The molecule has 0 aliphatic rings. The fraction of sp³-hybridized carbons (Fsp3) is 0.316. The summed E-state index contributed by atoms with van der Waals surface area (Å²) in [6.07, 6.45) is -3.84. The molecule has 0 aliphatic heterocycles. The van der Waals surface area contributed by atoms with Crippen LogP contribution in [0.25, 0.3) is 0 Å². The SMILES string of the molecule is Cc1ccc(OCCCC(=O)NCc2ccc(OC(F)(F)F)cc2)cc1. The molecule has 0 atom stereocenters. The summed E-state index contributed by atoms with van der Waals surface area (Å²) in [7, 11) is 0. The van der Waals surface area contributed by atoms with E-state index in [1.165, 1.54) is 24.3 Å². The lowest BCUT2D eigenvalue weighted by Crippen LogP contribution is -2.23. The van der Waals surface area contributed by atoms with Crippen molar-refractivity contribution >= 4 is 5.91 Å². The van der Waals surface area contributed by atoms with Crippen LogP contribution in [0, 0.1) is 6.92 Å². The van der Waals surface area contributed by atoms with E-state index in [4.69, 9.17) is 4.74 Å². The topological polar surface area (TPSA) is 47.6 Å². The van der Waals surface area contributed by atoms with E-state index >= 15 is 0 Å². The Morgan fingerprint density at radius 3 is 2.23 bits per heavy atom. The largest absolute Gasteiger partial charge is 0.573 e. The number of ether oxygens (including phenoxy) is 2. The number of nitrogens with one attached hydrogen (secondary N) is 1. The number of hydrogen-bond acceptors (Lipinski definition) is 3. The van der Waals surface area contributed by atoms with Crippen molar-refractivity contribution in [2.45, 2.75) is 32.7 Å². The Morgan fingerprint density at radius 2 is 1.62 bits per heavy atom. The number of hydrogen-bond donors (Lipinski definition) is 1. The number of carbonyl (C=O) groups is 1. The number of aryl methyl sites for hydroxylation is 1. The second-order valence-electron chi connectivity index (χ2n) is 5.73. The van der Waals surface area contributed by atoms with E-state index in [-0.39, 0.29) is 18.2 Å². The van der Waals surface area contributed by atoms with Crippen molar-refractivity contribution in [3.63, 3.8) is 0 Å². The molecule has 2 rings (SSSR count). The molecule has 0 unspecified atom stereocenters. The molecule has 2 aromatic rings. The standard InChI is InChI=1S/C19H20F3NO3/c1-14-4-8-16(9-5-14)25-12-2-3-18(24)23-13-15-6-10-17(11-7-15)26-19(20,21)22/h4-11H,2-3,12-13H2,1H3,(H,23,24). The van der Waals surface area contributed by atoms with Gasteiger partial charge < -0.3 is 14.8 Å². The minimum absolute atomic E-state index is 0.145. The van der Waals surface area contributed by atoms with Gasteiger partial charge in [0, 0.05) is 13.0 Å². The van der Waals surface area contributed by atoms with Gasteiger partial charge in [0.25, 0.3) is 0 Å². The summed E-state index contributed by atoms with van der Waals surface area (Å²) in [5, 5.41) is 2.72. The lowest BCUT2D eigenvalue weighted by atomic mass is 10.2. The van der Waals surface area contributed by atoms with Gasteiger partial charge in [0.2, 0.25) is 5.91 Å². The molecule has 4 nitrogen and oxygen atoms in total. The zero-order valence-corrected chi connectivity index (χ0v) is 14.3. The van der Waals surface area contributed by atoms with Crippen LogP contribution in [-0.4, -0.2) is 18.9 Å². The summed E-state index contributed by atoms with van der Waals surface area (Å²) in [5.74, 6) is 0.325. The maximum Gasteiger partial charge on any atom is 0.573 e. The van der Waals surface area contributed by atoms with E-state index < -0.39 is 6.36 Å². The van der Waals surface area contributed by atoms with Gasteiger partial charge in [-0.1, -0.05) is 29.8 Å². The first-order valence-corrected chi connectivity index (χ1v) is 8.13. The second-order valence-corrected chi connectivity index (χ2v) is 5.73. The van der Waals surface area contributed by atoms with Crippen LogP contribution in [0.4, 0.5) is 13.2 Å². The molecule has 0 saturated carbocycles. The normalized spacial score (nSPS) is 11.1. The van der Waals surface area contributed by atoms with Gasteiger partial charge in [0.1, 0.15) is 11.5 Å². The fourth-order valence-electron chi connectivity index (χ4n) is 2.16. The van der Waals surface area contributed by atoms with Gasteiger partial charge in [-0.2, -0.15) is 0 Å². The first-order chi connectivity index (χ1) is 12.3. The number of carbonyl (C=O) groups excluding carboxylic acids is 1. The molecule has 0 fully saturated rings. The molecule has 0 heterocycles. The highest BCUT2D eigenvalue weighted by atomic mass is 19.4. The van der Waals surface area contributed by atoms with Crippen molar-refractivity contribution in [2.75, 3.05) is 6.61 Å². The molecule has 0 aliphatic carbocycles. The van der Waals surface area contributed by atoms with Crippen molar-refractivity contribution in [1.29, 1.82) is 0 Å². The predicted octanol–water partition coefficient (Wildman–Crippen LogP) is 4.37. The van der Waals surface area contributed by atoms with Crippen LogP contribution >= 0.6 is 0 Å². The maximum atomic E-state index is 12.1. The Hall–Kier alpha value is -2.70. The molecule has 26 heavy (non-hydrogen) atoms. The van der Waals surface area contributed by atoms with Crippen LogP contribution in [0.3, 0.4) is 0 Å². The molecule has 0 spiro atoms. The summed E-state index contributed by atoms with van der Waals surface area (Å²) in [6, 6.07) is 13.0. The molecule has 1 amide bonds. The first-order valence-electron chi connectivity index (χ1n) is 8.13. The van der Waals surface area contributed by atoms with Gasteiger partial charge in [-0.25, -0.2) is 0 Å². The van der Waals surface area contributed by atoms with Gasteiger partial charge in [0.05, 0.1) is 6.61 Å². The Labute approximate surface area is 149 Å². The van der Waals surface area contributed by atoms with E-state index in [0.717, 1.165) is 11.3 Å². The smallest absolute Gasteiger partial charge is 0.494 e. The molecular weight excluding hydrogens is 347 g/mol. The third-order valence-electron chi connectivity index (χ3n) is 3.48. The summed E-state index contributed by atoms with van der Waals surface area (Å²) in [5.41, 5.74) is 1.83. The zero-order chi connectivity index (χ0) is 19.0. The lowest BCUT2D eigenvalue weighted by Gasteiger charge is -2.10. The van der Waals surface area contributed by atoms with Crippen LogP contribution in [0.2, 0.25) is 0 Å². The monoisotopic (exact) mass is 367 g/mol. The molecule has 2 aromatic carbocycles. The van der Waals surface area contributed by atoms with Gasteiger partial charge in [0.15, 0.2) is 0 Å². The van der Waals surface area contributed by atoms with Crippen LogP contribution in [-0.2, 0) is 11.3 Å². The third-order valence-corrected chi connectivity index (χ3v) is 3.48.